The Bertz CT molecular complexity index is 748. The van der Waals surface area contributed by atoms with Crippen molar-refractivity contribution in [3.05, 3.63) is 23.8 Å². The van der Waals surface area contributed by atoms with Crippen LogP contribution in [0.1, 0.15) is 16.8 Å². The monoisotopic (exact) mass is 346 g/mol. The Morgan fingerprint density at radius 2 is 2.21 bits per heavy atom. The van der Waals surface area contributed by atoms with E-state index in [0.29, 0.717) is 11.6 Å². The first kappa shape index (κ1) is 15.8. The van der Waals surface area contributed by atoms with Crippen molar-refractivity contribution in [3.8, 4) is 0 Å². The quantitative estimate of drug-likeness (QED) is 0.916. The van der Waals surface area contributed by atoms with E-state index in [4.69, 9.17) is 9.72 Å². The number of morpholine rings is 1. The van der Waals surface area contributed by atoms with Crippen LogP contribution in [0.15, 0.2) is 18.2 Å². The lowest BCUT2D eigenvalue weighted by Gasteiger charge is -2.27. The summed E-state index contributed by atoms with van der Waals surface area (Å²) < 4.78 is 7.51. The number of amides is 1. The molecule has 7 heteroatoms. The number of hydrogen-bond acceptors (Lipinski definition) is 5. The van der Waals surface area contributed by atoms with E-state index < -0.39 is 0 Å². The number of fused-ring (bicyclic) bond motifs is 1. The molecule has 2 saturated heterocycles. The van der Waals surface area contributed by atoms with Crippen LogP contribution in [0.2, 0.25) is 0 Å². The molecule has 3 heterocycles. The molecule has 0 unspecified atom stereocenters. The normalized spacial score (nSPS) is 21.4. The van der Waals surface area contributed by atoms with Crippen LogP contribution in [0, 0.1) is 0 Å². The van der Waals surface area contributed by atoms with E-state index in [1.54, 1.807) is 0 Å². The molecule has 2 aromatic rings. The van der Waals surface area contributed by atoms with Crippen LogP contribution >= 0.6 is 11.8 Å². The summed E-state index contributed by atoms with van der Waals surface area (Å²) in [6.45, 7) is 3.17. The van der Waals surface area contributed by atoms with E-state index in [2.05, 4.69) is 14.8 Å². The van der Waals surface area contributed by atoms with E-state index in [1.807, 2.05) is 37.0 Å². The highest BCUT2D eigenvalue weighted by molar-refractivity contribution is 7.99. The van der Waals surface area contributed by atoms with E-state index in [1.165, 1.54) is 0 Å². The molecule has 0 radical (unpaired) electrons. The highest BCUT2D eigenvalue weighted by Crippen LogP contribution is 2.23. The van der Waals surface area contributed by atoms with Gasteiger partial charge in [-0.15, -0.1) is 0 Å². The first-order chi connectivity index (χ1) is 11.7. The second-order valence-electron chi connectivity index (χ2n) is 6.31. The van der Waals surface area contributed by atoms with Gasteiger partial charge in [-0.3, -0.25) is 4.79 Å². The Morgan fingerprint density at radius 3 is 2.96 bits per heavy atom. The number of benzene rings is 1. The van der Waals surface area contributed by atoms with Gasteiger partial charge in [-0.2, -0.15) is 11.8 Å². The third-order valence-electron chi connectivity index (χ3n) is 4.68. The Labute approximate surface area is 145 Å². The molecular formula is C17H22N4O2S. The largest absolute Gasteiger partial charge is 0.378 e. The third-order valence-corrected chi connectivity index (χ3v) is 5.84. The number of hydrogen-bond donors (Lipinski definition) is 1. The Balaban J connectivity index is 1.59. The molecule has 2 aliphatic rings. The third kappa shape index (κ3) is 2.98. The van der Waals surface area contributed by atoms with E-state index in [0.717, 1.165) is 61.2 Å². The maximum atomic E-state index is 12.5. The standard InChI is InChI=1S/C17H22N4O2S/c1-20-15-3-2-12(16(22)18-13-4-9-24-11-13)10-14(15)19-17(20)21-5-7-23-8-6-21/h2-3,10,13H,4-9,11H2,1H3,(H,18,22)/t13-/m1/s1. The van der Waals surface area contributed by atoms with Crippen molar-refractivity contribution >= 4 is 34.7 Å². The molecule has 0 bridgehead atoms. The first-order valence-electron chi connectivity index (χ1n) is 8.40. The molecule has 1 amide bonds. The van der Waals surface area contributed by atoms with Crippen molar-refractivity contribution in [3.63, 3.8) is 0 Å². The number of nitrogens with zero attached hydrogens (tertiary/aromatic N) is 3. The average Bonchev–Trinajstić information content (AvgIpc) is 3.23. The molecule has 0 saturated carbocycles. The fraction of sp³-hybridized carbons (Fsp3) is 0.529. The Kier molecular flexibility index (Phi) is 4.37. The summed E-state index contributed by atoms with van der Waals surface area (Å²) >= 11 is 1.90. The van der Waals surface area contributed by atoms with Crippen LogP contribution in [-0.4, -0.2) is 59.3 Å². The summed E-state index contributed by atoms with van der Waals surface area (Å²) in [7, 11) is 2.02. The van der Waals surface area contributed by atoms with Gasteiger partial charge in [-0.1, -0.05) is 0 Å². The van der Waals surface area contributed by atoms with Crippen LogP contribution in [0.5, 0.6) is 0 Å². The summed E-state index contributed by atoms with van der Waals surface area (Å²) in [5.74, 6) is 3.09. The number of rotatable bonds is 3. The number of anilines is 1. The summed E-state index contributed by atoms with van der Waals surface area (Å²) in [6, 6.07) is 6.08. The Hall–Kier alpha value is -1.73. The molecule has 128 valence electrons. The van der Waals surface area contributed by atoms with Gasteiger partial charge in [0.05, 0.1) is 24.2 Å². The minimum absolute atomic E-state index is 0.00276. The number of aryl methyl sites for hydroxylation is 1. The van der Waals surface area contributed by atoms with Gasteiger partial charge in [-0.05, 0) is 30.4 Å². The van der Waals surface area contributed by atoms with Crippen molar-refractivity contribution in [2.45, 2.75) is 12.5 Å². The van der Waals surface area contributed by atoms with Crippen LogP contribution in [-0.2, 0) is 11.8 Å². The molecule has 4 rings (SSSR count). The number of nitrogens with one attached hydrogen (secondary N) is 1. The predicted octanol–water partition coefficient (Wildman–Crippen LogP) is 1.65. The fourth-order valence-electron chi connectivity index (χ4n) is 3.29. The molecule has 1 atom stereocenters. The zero-order valence-corrected chi connectivity index (χ0v) is 14.6. The maximum Gasteiger partial charge on any atom is 0.251 e. The number of thioether (sulfide) groups is 1. The van der Waals surface area contributed by atoms with Gasteiger partial charge in [-0.25, -0.2) is 4.98 Å². The highest BCUT2D eigenvalue weighted by atomic mass is 32.2. The van der Waals surface area contributed by atoms with Crippen molar-refractivity contribution in [1.29, 1.82) is 0 Å². The summed E-state index contributed by atoms with van der Waals surface area (Å²) in [5.41, 5.74) is 2.60. The lowest BCUT2D eigenvalue weighted by Crippen LogP contribution is -2.37. The zero-order valence-electron chi connectivity index (χ0n) is 13.8. The van der Waals surface area contributed by atoms with E-state index >= 15 is 0 Å². The average molecular weight is 346 g/mol. The van der Waals surface area contributed by atoms with Crippen molar-refractivity contribution in [2.24, 2.45) is 7.05 Å². The topological polar surface area (TPSA) is 59.4 Å². The number of ether oxygens (including phenoxy) is 1. The van der Waals surface area contributed by atoms with E-state index in [9.17, 15) is 4.79 Å². The van der Waals surface area contributed by atoms with Crippen molar-refractivity contribution in [2.75, 3.05) is 42.7 Å². The molecule has 1 aromatic heterocycles. The van der Waals surface area contributed by atoms with Gasteiger partial charge >= 0.3 is 0 Å². The minimum Gasteiger partial charge on any atom is -0.378 e. The molecule has 6 nitrogen and oxygen atoms in total. The number of aromatic nitrogens is 2. The summed E-state index contributed by atoms with van der Waals surface area (Å²) in [6.07, 6.45) is 1.06. The summed E-state index contributed by atoms with van der Waals surface area (Å²) in [4.78, 5) is 19.5. The molecular weight excluding hydrogens is 324 g/mol. The van der Waals surface area contributed by atoms with Gasteiger partial charge in [0.15, 0.2) is 0 Å². The second-order valence-corrected chi connectivity index (χ2v) is 7.46. The molecule has 1 aromatic carbocycles. The number of carbonyl (C=O) groups excluding carboxylic acids is 1. The lowest BCUT2D eigenvalue weighted by atomic mass is 10.1. The van der Waals surface area contributed by atoms with Crippen molar-refractivity contribution < 1.29 is 9.53 Å². The van der Waals surface area contributed by atoms with Crippen LogP contribution in [0.25, 0.3) is 11.0 Å². The molecule has 2 aliphatic heterocycles. The van der Waals surface area contributed by atoms with Crippen LogP contribution in [0.3, 0.4) is 0 Å². The first-order valence-corrected chi connectivity index (χ1v) is 9.55. The second kappa shape index (κ2) is 6.64. The molecule has 2 fully saturated rings. The van der Waals surface area contributed by atoms with Gasteiger partial charge < -0.3 is 19.5 Å². The van der Waals surface area contributed by atoms with Gasteiger partial charge in [0.25, 0.3) is 5.91 Å². The smallest absolute Gasteiger partial charge is 0.251 e. The van der Waals surface area contributed by atoms with Gasteiger partial charge in [0.1, 0.15) is 0 Å². The maximum absolute atomic E-state index is 12.5. The lowest BCUT2D eigenvalue weighted by molar-refractivity contribution is 0.0941. The molecule has 0 spiro atoms. The fourth-order valence-corrected chi connectivity index (χ4v) is 4.44. The van der Waals surface area contributed by atoms with E-state index in [-0.39, 0.29) is 5.91 Å². The SMILES string of the molecule is Cn1c(N2CCOCC2)nc2cc(C(=O)N[C@@H]3CCSC3)ccc21. The van der Waals surface area contributed by atoms with Gasteiger partial charge in [0, 0.05) is 37.5 Å². The minimum atomic E-state index is 0.00276. The number of imidazole rings is 1. The molecule has 24 heavy (non-hydrogen) atoms. The van der Waals surface area contributed by atoms with Crippen molar-refractivity contribution in [1.82, 2.24) is 14.9 Å². The van der Waals surface area contributed by atoms with Crippen LogP contribution in [0.4, 0.5) is 5.95 Å². The predicted molar refractivity (Wildman–Crippen MR) is 96.9 cm³/mol. The molecule has 1 N–H and O–H groups in total. The van der Waals surface area contributed by atoms with Crippen LogP contribution < -0.4 is 10.2 Å². The zero-order chi connectivity index (χ0) is 16.5. The van der Waals surface area contributed by atoms with Gasteiger partial charge in [0.2, 0.25) is 5.95 Å². The molecule has 0 aliphatic carbocycles. The highest BCUT2D eigenvalue weighted by Gasteiger charge is 2.21. The summed E-state index contributed by atoms with van der Waals surface area (Å²) in [5, 5.41) is 3.12. The number of carbonyl (C=O) groups is 1. The Morgan fingerprint density at radius 1 is 1.38 bits per heavy atom.